The molecule has 1 aliphatic rings. The molecule has 5 nitrogen and oxygen atoms in total. The molecule has 0 aliphatic carbocycles. The number of aromatic nitrogens is 1. The van der Waals surface area contributed by atoms with Crippen molar-refractivity contribution in [1.29, 1.82) is 0 Å². The Morgan fingerprint density at radius 1 is 0.476 bits per heavy atom. The van der Waals surface area contributed by atoms with Crippen molar-refractivity contribution < 1.29 is 4.42 Å². The molecule has 5 heteroatoms. The number of aryl methyl sites for hydroxylation is 1. The molecule has 11 rings (SSSR count). The minimum absolute atomic E-state index is 0.220. The van der Waals surface area contributed by atoms with E-state index in [-0.39, 0.29) is 12.3 Å². The average Bonchev–Trinajstić information content (AvgIpc) is 3.73. The van der Waals surface area contributed by atoms with Gasteiger partial charge in [0.15, 0.2) is 0 Å². The van der Waals surface area contributed by atoms with Crippen LogP contribution in [-0.4, -0.2) is 22.8 Å². The number of aliphatic imine (C=N–C) groups is 1. The van der Waals surface area contributed by atoms with E-state index in [9.17, 15) is 0 Å². The Labute approximate surface area is 367 Å². The monoisotopic (exact) mass is 812 g/mol. The van der Waals surface area contributed by atoms with E-state index < -0.39 is 0 Å². The zero-order valence-corrected chi connectivity index (χ0v) is 35.1. The standard InChI is InChI=1S/C58H44N4O/c1-38-26-32-53-55(54(38)42-29-27-41(28-30-42)46-25-15-24-45(34-46)39-16-7-3-8-17-39)49-35-47(31-33-52(49)63-53)50-36-48(40-18-9-4-10-19-40)37-51(59-50)58-61-56(43-20-11-5-12-21-43)60-57(62(58)2)44-22-13-6-14-23-44/h3-37,57-58H,1-2H3,(H,60,61). The van der Waals surface area contributed by atoms with Crippen molar-refractivity contribution in [3.63, 3.8) is 0 Å². The van der Waals surface area contributed by atoms with E-state index in [2.05, 4.69) is 224 Å². The molecule has 63 heavy (non-hydrogen) atoms. The fourth-order valence-corrected chi connectivity index (χ4v) is 9.07. The van der Waals surface area contributed by atoms with Crippen LogP contribution in [0.2, 0.25) is 0 Å². The molecule has 3 heterocycles. The number of nitrogens with one attached hydrogen (secondary N) is 1. The molecule has 2 atom stereocenters. The van der Waals surface area contributed by atoms with Gasteiger partial charge in [-0.1, -0.05) is 170 Å². The quantitative estimate of drug-likeness (QED) is 0.166. The number of amidine groups is 1. The van der Waals surface area contributed by atoms with Crippen LogP contribution in [0.15, 0.2) is 222 Å². The van der Waals surface area contributed by atoms with Gasteiger partial charge in [0.2, 0.25) is 0 Å². The molecule has 2 aromatic heterocycles. The smallest absolute Gasteiger partial charge is 0.136 e. The lowest BCUT2D eigenvalue weighted by Gasteiger charge is -2.39. The molecule has 0 fully saturated rings. The molecule has 8 aromatic carbocycles. The maximum atomic E-state index is 6.59. The summed E-state index contributed by atoms with van der Waals surface area (Å²) in [6.45, 7) is 2.19. The predicted octanol–water partition coefficient (Wildman–Crippen LogP) is 14.3. The first-order chi connectivity index (χ1) is 31.0. The van der Waals surface area contributed by atoms with Gasteiger partial charge in [0.05, 0.1) is 11.4 Å². The van der Waals surface area contributed by atoms with Gasteiger partial charge >= 0.3 is 0 Å². The molecule has 0 saturated heterocycles. The van der Waals surface area contributed by atoms with E-state index in [4.69, 9.17) is 14.4 Å². The Morgan fingerprint density at radius 3 is 1.71 bits per heavy atom. The third-order valence-electron chi connectivity index (χ3n) is 12.3. The van der Waals surface area contributed by atoms with E-state index in [0.717, 1.165) is 72.5 Å². The molecule has 10 aromatic rings. The number of furan rings is 1. The summed E-state index contributed by atoms with van der Waals surface area (Å²) < 4.78 is 6.59. The highest BCUT2D eigenvalue weighted by Gasteiger charge is 2.33. The molecule has 2 unspecified atom stereocenters. The lowest BCUT2D eigenvalue weighted by Crippen LogP contribution is -2.46. The lowest BCUT2D eigenvalue weighted by molar-refractivity contribution is 0.149. The highest BCUT2D eigenvalue weighted by atomic mass is 16.3. The van der Waals surface area contributed by atoms with Crippen molar-refractivity contribution >= 4 is 27.8 Å². The molecule has 1 aliphatic heterocycles. The number of fused-ring (bicyclic) bond motifs is 3. The van der Waals surface area contributed by atoms with Gasteiger partial charge < -0.3 is 9.73 Å². The zero-order valence-electron chi connectivity index (χ0n) is 35.1. The number of hydrogen-bond donors (Lipinski definition) is 1. The van der Waals surface area contributed by atoms with Crippen molar-refractivity contribution in [3.8, 4) is 55.8 Å². The maximum absolute atomic E-state index is 6.59. The summed E-state index contributed by atoms with van der Waals surface area (Å²) in [7, 11) is 2.12. The van der Waals surface area contributed by atoms with E-state index in [0.29, 0.717) is 0 Å². The second-order valence-corrected chi connectivity index (χ2v) is 16.3. The molecule has 0 radical (unpaired) electrons. The van der Waals surface area contributed by atoms with Crippen LogP contribution >= 0.6 is 0 Å². The Hall–Kier alpha value is -7.86. The highest BCUT2D eigenvalue weighted by molar-refractivity contribution is 6.14. The van der Waals surface area contributed by atoms with E-state index >= 15 is 0 Å². The largest absolute Gasteiger partial charge is 0.456 e. The number of benzene rings is 8. The van der Waals surface area contributed by atoms with Crippen molar-refractivity contribution in [1.82, 2.24) is 15.2 Å². The number of rotatable bonds is 8. The van der Waals surface area contributed by atoms with Crippen LogP contribution in [0.3, 0.4) is 0 Å². The van der Waals surface area contributed by atoms with Crippen LogP contribution in [0, 0.1) is 6.92 Å². The number of hydrogen-bond acceptors (Lipinski definition) is 5. The summed E-state index contributed by atoms with van der Waals surface area (Å²) in [6.07, 6.45) is -0.496. The van der Waals surface area contributed by atoms with Crippen molar-refractivity contribution in [2.45, 2.75) is 19.3 Å². The molecular formula is C58H44N4O. The molecule has 0 saturated carbocycles. The second-order valence-electron chi connectivity index (χ2n) is 16.3. The summed E-state index contributed by atoms with van der Waals surface area (Å²) >= 11 is 0. The highest BCUT2D eigenvalue weighted by Crippen LogP contribution is 2.42. The zero-order chi connectivity index (χ0) is 42.3. The Kier molecular flexibility index (Phi) is 9.80. The fraction of sp³-hybridized carbons (Fsp3) is 0.0690. The maximum Gasteiger partial charge on any atom is 0.136 e. The van der Waals surface area contributed by atoms with Gasteiger partial charge in [-0.05, 0) is 112 Å². The van der Waals surface area contributed by atoms with Crippen LogP contribution in [0.4, 0.5) is 0 Å². The van der Waals surface area contributed by atoms with Gasteiger partial charge in [-0.15, -0.1) is 0 Å². The minimum atomic E-state index is -0.276. The number of nitrogens with zero attached hydrogens (tertiary/aromatic N) is 3. The van der Waals surface area contributed by atoms with Crippen LogP contribution in [0.1, 0.15) is 34.7 Å². The van der Waals surface area contributed by atoms with Crippen LogP contribution < -0.4 is 5.32 Å². The van der Waals surface area contributed by atoms with Gasteiger partial charge in [0.25, 0.3) is 0 Å². The molecule has 302 valence electrons. The molecule has 0 amide bonds. The number of pyridine rings is 1. The van der Waals surface area contributed by atoms with Crippen molar-refractivity contribution in [2.24, 2.45) is 4.99 Å². The normalized spacial score (nSPS) is 15.3. The summed E-state index contributed by atoms with van der Waals surface area (Å²) in [6, 6.07) is 74.9. The fourth-order valence-electron chi connectivity index (χ4n) is 9.07. The lowest BCUT2D eigenvalue weighted by atomic mass is 9.92. The van der Waals surface area contributed by atoms with E-state index in [1.807, 2.05) is 12.1 Å². The summed E-state index contributed by atoms with van der Waals surface area (Å²) in [5.41, 5.74) is 17.2. The van der Waals surface area contributed by atoms with Gasteiger partial charge in [-0.2, -0.15) is 0 Å². The SMILES string of the molecule is Cc1ccc2oc3ccc(-c4cc(-c5ccccc5)cc(C5NC(c6ccccc6)=NC(c6ccccc6)N5C)n4)cc3c2c1-c1ccc(-c2cccc(-c3ccccc3)c2)cc1. The third kappa shape index (κ3) is 7.28. The van der Waals surface area contributed by atoms with Gasteiger partial charge in [-0.25, -0.2) is 9.98 Å². The third-order valence-corrected chi connectivity index (χ3v) is 12.3. The van der Waals surface area contributed by atoms with Crippen LogP contribution in [0.5, 0.6) is 0 Å². The summed E-state index contributed by atoms with van der Waals surface area (Å²) in [5, 5.41) is 5.96. The van der Waals surface area contributed by atoms with Crippen LogP contribution in [-0.2, 0) is 0 Å². The van der Waals surface area contributed by atoms with Crippen molar-refractivity contribution in [2.75, 3.05) is 7.05 Å². The van der Waals surface area contributed by atoms with Gasteiger partial charge in [0, 0.05) is 21.9 Å². The predicted molar refractivity (Wildman–Crippen MR) is 259 cm³/mol. The first-order valence-electron chi connectivity index (χ1n) is 21.5. The summed E-state index contributed by atoms with van der Waals surface area (Å²) in [4.78, 5) is 13.0. The average molecular weight is 813 g/mol. The van der Waals surface area contributed by atoms with Gasteiger partial charge in [-0.3, -0.25) is 4.90 Å². The van der Waals surface area contributed by atoms with E-state index in [1.54, 1.807) is 0 Å². The Bertz CT molecular complexity index is 3270. The topological polar surface area (TPSA) is 53.7 Å². The Balaban J connectivity index is 1.02. The van der Waals surface area contributed by atoms with Gasteiger partial charge in [0.1, 0.15) is 29.3 Å². The summed E-state index contributed by atoms with van der Waals surface area (Å²) in [5.74, 6) is 0.837. The van der Waals surface area contributed by atoms with E-state index in [1.165, 1.54) is 33.4 Å². The molecule has 1 N–H and O–H groups in total. The van der Waals surface area contributed by atoms with Crippen LogP contribution in [0.25, 0.3) is 77.7 Å². The molecular weight excluding hydrogens is 769 g/mol. The molecule has 0 bridgehead atoms. The first kappa shape index (κ1) is 38.1. The second kappa shape index (κ2) is 16.2. The minimum Gasteiger partial charge on any atom is -0.456 e. The molecule has 0 spiro atoms. The Morgan fingerprint density at radius 2 is 1.03 bits per heavy atom. The first-order valence-corrected chi connectivity index (χ1v) is 21.5. The van der Waals surface area contributed by atoms with Crippen molar-refractivity contribution in [3.05, 3.63) is 235 Å².